The summed E-state index contributed by atoms with van der Waals surface area (Å²) in [5.74, 6) is -0.323. The first-order chi connectivity index (χ1) is 11.3. The van der Waals surface area contributed by atoms with E-state index < -0.39 is 0 Å². The molecule has 0 aliphatic carbocycles. The van der Waals surface area contributed by atoms with E-state index in [0.717, 1.165) is 0 Å². The number of hydrogen-bond acceptors (Lipinski definition) is 3. The number of nitrogens with two attached hydrogens (primary N) is 3. The zero-order chi connectivity index (χ0) is 17.9. The van der Waals surface area contributed by atoms with Crippen LogP contribution in [0.25, 0.3) is 0 Å². The molecule has 0 bridgehead atoms. The van der Waals surface area contributed by atoms with E-state index >= 15 is 0 Å². The quantitative estimate of drug-likeness (QED) is 0.258. The van der Waals surface area contributed by atoms with Crippen LogP contribution in [0.5, 0.6) is 0 Å². The number of carbonyl (C=O) groups excluding carboxylic acids is 2. The molecule has 2 rings (SSSR count). The van der Waals surface area contributed by atoms with Gasteiger partial charge in [0.15, 0.2) is 0 Å². The highest BCUT2D eigenvalue weighted by atomic mass is 35.5. The highest BCUT2D eigenvalue weighted by Gasteiger charge is 2.15. The summed E-state index contributed by atoms with van der Waals surface area (Å²) in [7, 11) is 3.45. The number of aryl methyl sites for hydroxylation is 2. The van der Waals surface area contributed by atoms with Gasteiger partial charge in [-0.2, -0.15) is 0 Å². The number of amides is 2. The largest absolute Gasteiger partial charge is 1.00 e. The van der Waals surface area contributed by atoms with Gasteiger partial charge in [0.05, 0.1) is 17.8 Å². The molecule has 2 aromatic heterocycles. The molecule has 10 heteroatoms. The molecule has 2 heterocycles. The first-order valence-electron chi connectivity index (χ1n) is 7.32. The number of carbonyl (C=O) groups is 2. The fourth-order valence-corrected chi connectivity index (χ4v) is 2.28. The van der Waals surface area contributed by atoms with Crippen molar-refractivity contribution in [3.8, 4) is 0 Å². The lowest BCUT2D eigenvalue weighted by molar-refractivity contribution is -0.117. The molecule has 0 saturated carbocycles. The zero-order valence-electron chi connectivity index (χ0n) is 14.0. The van der Waals surface area contributed by atoms with E-state index in [1.165, 1.54) is 0 Å². The van der Waals surface area contributed by atoms with Gasteiger partial charge in [0.1, 0.15) is 11.4 Å². The van der Waals surface area contributed by atoms with Crippen molar-refractivity contribution in [3.05, 3.63) is 35.9 Å². The summed E-state index contributed by atoms with van der Waals surface area (Å²) >= 11 is 0. The third-order valence-corrected chi connectivity index (χ3v) is 3.45. The van der Waals surface area contributed by atoms with Gasteiger partial charge in [0.2, 0.25) is 5.84 Å². The van der Waals surface area contributed by atoms with Gasteiger partial charge < -0.3 is 37.9 Å². The lowest BCUT2D eigenvalue weighted by Crippen LogP contribution is -3.00. The van der Waals surface area contributed by atoms with Crippen LogP contribution in [0.2, 0.25) is 0 Å². The number of halogens is 1. The minimum absolute atomic E-state index is 0. The maximum absolute atomic E-state index is 12.3. The predicted octanol–water partition coefficient (Wildman–Crippen LogP) is -4.56. The Morgan fingerprint density at radius 2 is 1.72 bits per heavy atom. The molecule has 0 spiro atoms. The van der Waals surface area contributed by atoms with Crippen molar-refractivity contribution in [2.45, 2.75) is 6.42 Å². The molecule has 0 unspecified atom stereocenters. The Kier molecular flexibility index (Phi) is 6.63. The Labute approximate surface area is 151 Å². The molecule has 25 heavy (non-hydrogen) atoms. The van der Waals surface area contributed by atoms with Crippen LogP contribution in [-0.4, -0.2) is 33.3 Å². The van der Waals surface area contributed by atoms with Gasteiger partial charge in [-0.1, -0.05) is 0 Å². The summed E-state index contributed by atoms with van der Waals surface area (Å²) in [5, 5.41) is 10.8. The van der Waals surface area contributed by atoms with E-state index in [1.807, 2.05) is 0 Å². The fourth-order valence-electron chi connectivity index (χ4n) is 2.28. The molecule has 2 amide bonds. The van der Waals surface area contributed by atoms with Crippen LogP contribution >= 0.6 is 0 Å². The molecular weight excluding hydrogens is 346 g/mol. The van der Waals surface area contributed by atoms with E-state index in [2.05, 4.69) is 10.6 Å². The van der Waals surface area contributed by atoms with Crippen molar-refractivity contribution < 1.29 is 27.4 Å². The normalized spacial score (nSPS) is 10.0. The van der Waals surface area contributed by atoms with Crippen LogP contribution in [0.1, 0.15) is 27.4 Å². The van der Waals surface area contributed by atoms with Gasteiger partial charge in [0, 0.05) is 33.0 Å². The second-order valence-electron chi connectivity index (χ2n) is 5.53. The summed E-state index contributed by atoms with van der Waals surface area (Å²) in [5.41, 5.74) is 12.9. The third-order valence-electron chi connectivity index (χ3n) is 3.45. The van der Waals surface area contributed by atoms with Gasteiger partial charge >= 0.3 is 0 Å². The summed E-state index contributed by atoms with van der Waals surface area (Å²) in [6, 6.07) is 3.18. The average Bonchev–Trinajstić information content (AvgIpc) is 3.00. The molecule has 0 atom stereocenters. The third kappa shape index (κ3) is 5.01. The molecule has 9 nitrogen and oxygen atoms in total. The Morgan fingerprint density at radius 3 is 2.28 bits per heavy atom. The molecule has 136 valence electrons. The van der Waals surface area contributed by atoms with Crippen LogP contribution in [0.15, 0.2) is 24.5 Å². The molecule has 0 aromatic carbocycles. The van der Waals surface area contributed by atoms with E-state index in [0.29, 0.717) is 35.7 Å². The summed E-state index contributed by atoms with van der Waals surface area (Å²) < 4.78 is 3.26. The lowest BCUT2D eigenvalue weighted by atomic mass is 10.3. The van der Waals surface area contributed by atoms with Gasteiger partial charge in [-0.3, -0.25) is 20.7 Å². The average molecular weight is 368 g/mol. The Morgan fingerprint density at radius 1 is 1.12 bits per heavy atom. The van der Waals surface area contributed by atoms with Crippen LogP contribution in [-0.2, 0) is 14.1 Å². The van der Waals surface area contributed by atoms with Crippen molar-refractivity contribution in [2.24, 2.45) is 19.8 Å². The van der Waals surface area contributed by atoms with E-state index in [-0.39, 0.29) is 30.1 Å². The smallest absolute Gasteiger partial charge is 0.272 e. The van der Waals surface area contributed by atoms with Crippen LogP contribution < -0.4 is 39.9 Å². The van der Waals surface area contributed by atoms with Crippen molar-refractivity contribution in [1.82, 2.24) is 14.5 Å². The number of rotatable bonds is 6. The second kappa shape index (κ2) is 8.25. The zero-order valence-corrected chi connectivity index (χ0v) is 14.8. The number of nitrogens with zero attached hydrogens (tertiary/aromatic N) is 2. The molecule has 0 aliphatic rings. The summed E-state index contributed by atoms with van der Waals surface area (Å²) in [6.45, 7) is 0.344. The Balaban J connectivity index is 0.00000312. The molecule has 0 radical (unpaired) electrons. The van der Waals surface area contributed by atoms with Gasteiger partial charge in [-0.05, 0) is 12.1 Å². The van der Waals surface area contributed by atoms with Crippen LogP contribution in [0.3, 0.4) is 0 Å². The predicted molar refractivity (Wildman–Crippen MR) is 91.3 cm³/mol. The molecule has 0 aliphatic heterocycles. The molecule has 2 aromatic rings. The SMILES string of the molecule is Cn1cc(NC(=O)c2cc(N)cn2C)cc1C(=O)NCCC(N)=[NH2+].[Cl-]. The Hall–Kier alpha value is -2.94. The Bertz CT molecular complexity index is 794. The lowest BCUT2D eigenvalue weighted by Gasteiger charge is -2.03. The van der Waals surface area contributed by atoms with Crippen LogP contribution in [0, 0.1) is 0 Å². The summed E-state index contributed by atoms with van der Waals surface area (Å²) in [4.78, 5) is 24.4. The molecule has 0 saturated heterocycles. The maximum Gasteiger partial charge on any atom is 0.272 e. The van der Waals surface area contributed by atoms with Crippen molar-refractivity contribution in [3.63, 3.8) is 0 Å². The number of anilines is 2. The minimum atomic E-state index is -0.308. The van der Waals surface area contributed by atoms with Gasteiger partial charge in [-0.15, -0.1) is 0 Å². The number of hydrogen-bond donors (Lipinski definition) is 5. The van der Waals surface area contributed by atoms with Crippen LogP contribution in [0.4, 0.5) is 11.4 Å². The number of nitrogen functional groups attached to an aromatic ring is 1. The van der Waals surface area contributed by atoms with E-state index in [9.17, 15) is 9.59 Å². The first-order valence-corrected chi connectivity index (χ1v) is 7.32. The number of amidine groups is 1. The highest BCUT2D eigenvalue weighted by molar-refractivity contribution is 6.04. The maximum atomic E-state index is 12.3. The fraction of sp³-hybridized carbons (Fsp3) is 0.267. The van der Waals surface area contributed by atoms with Crippen molar-refractivity contribution in [2.75, 3.05) is 17.6 Å². The monoisotopic (exact) mass is 367 g/mol. The minimum Gasteiger partial charge on any atom is -1.00 e. The van der Waals surface area contributed by atoms with Gasteiger partial charge in [-0.25, -0.2) is 0 Å². The van der Waals surface area contributed by atoms with Crippen molar-refractivity contribution in [1.29, 1.82) is 0 Å². The molecule has 8 N–H and O–H groups in total. The highest BCUT2D eigenvalue weighted by Crippen LogP contribution is 2.16. The summed E-state index contributed by atoms with van der Waals surface area (Å²) in [6.07, 6.45) is 3.70. The topological polar surface area (TPSA) is 146 Å². The van der Waals surface area contributed by atoms with Crippen molar-refractivity contribution >= 4 is 29.0 Å². The number of aromatic nitrogens is 2. The molecular formula is C15H22ClN7O2. The number of nitrogens with one attached hydrogen (secondary N) is 2. The second-order valence-corrected chi connectivity index (χ2v) is 5.53. The first kappa shape index (κ1) is 20.1. The standard InChI is InChI=1S/C15H21N7O2.ClH/c1-21-7-9(16)5-11(21)15(24)20-10-6-12(22(2)8-10)14(23)19-4-3-13(17)18;/h5-8H,3-4,16H2,1-2H3,(H3,17,18)(H,19,23)(H,20,24);1H. The molecule has 0 fully saturated rings. The van der Waals surface area contributed by atoms with Gasteiger partial charge in [0.25, 0.3) is 11.8 Å². The van der Waals surface area contributed by atoms with E-state index in [4.69, 9.17) is 16.9 Å². The van der Waals surface area contributed by atoms with E-state index in [1.54, 1.807) is 47.8 Å².